The molecule has 7 heteroatoms. The number of nitrogens with zero attached hydrogens (tertiary/aromatic N) is 1. The van der Waals surface area contributed by atoms with E-state index in [-0.39, 0.29) is 23.1 Å². The van der Waals surface area contributed by atoms with Crippen molar-refractivity contribution >= 4 is 33.1 Å². The number of nitrogens with one attached hydrogen (secondary N) is 2. The molecule has 3 aromatic heterocycles. The average molecular weight is 341 g/mol. The molecule has 4 aromatic rings. The molecule has 0 aliphatic heterocycles. The van der Waals surface area contributed by atoms with Crippen LogP contribution in [0.5, 0.6) is 5.75 Å². The summed E-state index contributed by atoms with van der Waals surface area (Å²) in [5.74, 6) is -0.403. The van der Waals surface area contributed by atoms with E-state index >= 15 is 0 Å². The fourth-order valence-electron chi connectivity index (χ4n) is 3.43. The van der Waals surface area contributed by atoms with E-state index in [1.54, 1.807) is 10.7 Å². The van der Waals surface area contributed by atoms with Crippen LogP contribution in [0.4, 0.5) is 0 Å². The molecule has 0 saturated heterocycles. The van der Waals surface area contributed by atoms with Crippen molar-refractivity contribution in [3.63, 3.8) is 0 Å². The second-order valence-corrected chi connectivity index (χ2v) is 6.92. The van der Waals surface area contributed by atoms with Crippen LogP contribution in [0.15, 0.2) is 26.1 Å². The average Bonchev–Trinajstić information content (AvgIpc) is 3.07. The molecule has 4 rings (SSSR count). The Morgan fingerprint density at radius 3 is 2.48 bits per heavy atom. The zero-order valence-electron chi connectivity index (χ0n) is 14.4. The van der Waals surface area contributed by atoms with Gasteiger partial charge in [0.15, 0.2) is 11.2 Å². The minimum Gasteiger partial charge on any atom is -0.502 e. The summed E-state index contributed by atoms with van der Waals surface area (Å²) in [4.78, 5) is 27.6. The number of H-pyrrole nitrogens is 2. The zero-order chi connectivity index (χ0) is 18.0. The van der Waals surface area contributed by atoms with Crippen molar-refractivity contribution in [1.82, 2.24) is 14.8 Å². The lowest BCUT2D eigenvalue weighted by Crippen LogP contribution is -2.08. The second-order valence-electron chi connectivity index (χ2n) is 6.92. The van der Waals surface area contributed by atoms with E-state index in [4.69, 9.17) is 4.42 Å². The first kappa shape index (κ1) is 15.6. The van der Waals surface area contributed by atoms with Crippen LogP contribution in [-0.4, -0.2) is 19.9 Å². The Balaban J connectivity index is 2.33. The molecule has 0 atom stereocenters. The van der Waals surface area contributed by atoms with E-state index in [2.05, 4.69) is 10.1 Å². The van der Waals surface area contributed by atoms with Crippen LogP contribution in [0.25, 0.3) is 33.1 Å². The molecule has 3 N–H and O–H groups in total. The van der Waals surface area contributed by atoms with Crippen molar-refractivity contribution in [1.29, 1.82) is 0 Å². The van der Waals surface area contributed by atoms with Gasteiger partial charge in [-0.05, 0) is 31.9 Å². The zero-order valence-corrected chi connectivity index (χ0v) is 14.4. The molecule has 7 nitrogen and oxygen atoms in total. The van der Waals surface area contributed by atoms with Crippen molar-refractivity contribution in [2.75, 3.05) is 0 Å². The molecule has 0 amide bonds. The summed E-state index contributed by atoms with van der Waals surface area (Å²) in [5.41, 5.74) is 2.03. The van der Waals surface area contributed by atoms with E-state index in [1.807, 2.05) is 27.7 Å². The van der Waals surface area contributed by atoms with E-state index in [1.165, 1.54) is 6.07 Å². The maximum Gasteiger partial charge on any atom is 0.274 e. The highest BCUT2D eigenvalue weighted by Crippen LogP contribution is 2.38. The lowest BCUT2D eigenvalue weighted by molar-refractivity contribution is 0.463. The molecule has 25 heavy (non-hydrogen) atoms. The summed E-state index contributed by atoms with van der Waals surface area (Å²) in [6.07, 6.45) is 0. The number of hydrogen-bond donors (Lipinski definition) is 3. The van der Waals surface area contributed by atoms with Gasteiger partial charge in [0.2, 0.25) is 11.2 Å². The summed E-state index contributed by atoms with van der Waals surface area (Å²) in [6.45, 7) is 7.91. The van der Waals surface area contributed by atoms with Crippen LogP contribution < -0.4 is 11.0 Å². The molecule has 3 heterocycles. The largest absolute Gasteiger partial charge is 0.502 e. The van der Waals surface area contributed by atoms with Crippen molar-refractivity contribution in [2.45, 2.75) is 39.7 Å². The van der Waals surface area contributed by atoms with E-state index < -0.39 is 11.2 Å². The molecule has 0 saturated carbocycles. The topological polar surface area (TPSA) is 104 Å². The summed E-state index contributed by atoms with van der Waals surface area (Å²) >= 11 is 0. The van der Waals surface area contributed by atoms with Crippen molar-refractivity contribution in [2.24, 2.45) is 0 Å². The van der Waals surface area contributed by atoms with Crippen molar-refractivity contribution in [3.05, 3.63) is 38.3 Å². The first-order valence-electron chi connectivity index (χ1n) is 8.25. The van der Waals surface area contributed by atoms with Crippen LogP contribution in [0.3, 0.4) is 0 Å². The number of aromatic nitrogens is 3. The first-order valence-corrected chi connectivity index (χ1v) is 8.25. The fraction of sp³-hybridized carbons (Fsp3) is 0.333. The maximum absolute atomic E-state index is 12.6. The maximum atomic E-state index is 12.6. The Bertz CT molecular complexity index is 1250. The highest BCUT2D eigenvalue weighted by molar-refractivity contribution is 6.09. The van der Waals surface area contributed by atoms with Gasteiger partial charge in [-0.25, -0.2) is 0 Å². The molecule has 0 fully saturated rings. The van der Waals surface area contributed by atoms with Crippen LogP contribution >= 0.6 is 0 Å². The number of benzene rings is 1. The minimum atomic E-state index is -0.494. The Morgan fingerprint density at radius 1 is 1.12 bits per heavy atom. The smallest absolute Gasteiger partial charge is 0.274 e. The lowest BCUT2D eigenvalue weighted by Gasteiger charge is -2.11. The van der Waals surface area contributed by atoms with E-state index in [0.29, 0.717) is 27.5 Å². The standard InChI is InChI=1S/C18H19N3O4/c1-7(2)11-12-17(21(8(3)4)20-18(12)24)19-13-9-5-6-10(22)14(23)15(9)25-16(11)13/h5-8,19,23H,1-4H3,(H,20,24). The Hall–Kier alpha value is -2.96. The molecule has 0 unspecified atom stereocenters. The van der Waals surface area contributed by atoms with E-state index in [9.17, 15) is 14.7 Å². The summed E-state index contributed by atoms with van der Waals surface area (Å²) in [7, 11) is 0. The molecule has 0 radical (unpaired) electrons. The highest BCUT2D eigenvalue weighted by atomic mass is 16.4. The summed E-state index contributed by atoms with van der Waals surface area (Å²) in [6, 6.07) is 2.99. The number of rotatable bonds is 2. The van der Waals surface area contributed by atoms with Gasteiger partial charge in [0.1, 0.15) is 5.65 Å². The number of aromatic amines is 2. The van der Waals surface area contributed by atoms with Crippen LogP contribution in [0.1, 0.15) is 45.2 Å². The minimum absolute atomic E-state index is 0.0122. The summed E-state index contributed by atoms with van der Waals surface area (Å²) < 4.78 is 7.63. The van der Waals surface area contributed by atoms with Gasteiger partial charge in [0.25, 0.3) is 5.56 Å². The molecule has 0 spiro atoms. The van der Waals surface area contributed by atoms with Gasteiger partial charge in [-0.3, -0.25) is 19.4 Å². The monoisotopic (exact) mass is 341 g/mol. The Morgan fingerprint density at radius 2 is 1.84 bits per heavy atom. The predicted molar refractivity (Wildman–Crippen MR) is 96.6 cm³/mol. The molecule has 0 bridgehead atoms. The SMILES string of the molecule is CC(C)c1c2oc3c(O)c(=O)ccc3c2[nH]c2c1c(=O)[nH]n2C(C)C. The Labute approximate surface area is 141 Å². The van der Waals surface area contributed by atoms with Gasteiger partial charge in [-0.2, -0.15) is 0 Å². The summed E-state index contributed by atoms with van der Waals surface area (Å²) in [5, 5.41) is 14.1. The van der Waals surface area contributed by atoms with Gasteiger partial charge < -0.3 is 14.5 Å². The number of fused-ring (bicyclic) bond motifs is 4. The van der Waals surface area contributed by atoms with Crippen LogP contribution in [0, 0.1) is 0 Å². The first-order chi connectivity index (χ1) is 11.8. The molecule has 1 aromatic carbocycles. The molecule has 130 valence electrons. The lowest BCUT2D eigenvalue weighted by atomic mass is 9.99. The van der Waals surface area contributed by atoms with Gasteiger partial charge in [-0.1, -0.05) is 13.8 Å². The van der Waals surface area contributed by atoms with Gasteiger partial charge in [-0.15, -0.1) is 0 Å². The van der Waals surface area contributed by atoms with Crippen molar-refractivity contribution < 1.29 is 9.52 Å². The quantitative estimate of drug-likeness (QED) is 0.520. The number of phenols is 1. The fourth-order valence-corrected chi connectivity index (χ4v) is 3.43. The van der Waals surface area contributed by atoms with Gasteiger partial charge in [0, 0.05) is 17.0 Å². The van der Waals surface area contributed by atoms with E-state index in [0.717, 1.165) is 5.56 Å². The normalized spacial score (nSPS) is 12.4. The second kappa shape index (κ2) is 5.02. The Kier molecular flexibility index (Phi) is 3.12. The van der Waals surface area contributed by atoms with Gasteiger partial charge >= 0.3 is 0 Å². The number of pyridine rings is 1. The highest BCUT2D eigenvalue weighted by Gasteiger charge is 2.24. The third-order valence-corrected chi connectivity index (χ3v) is 4.57. The third kappa shape index (κ3) is 1.98. The van der Waals surface area contributed by atoms with Crippen LogP contribution in [0.2, 0.25) is 0 Å². The number of hydrogen-bond acceptors (Lipinski definition) is 4. The molecule has 0 aliphatic rings. The number of furan rings is 1. The van der Waals surface area contributed by atoms with Gasteiger partial charge in [0.05, 0.1) is 10.9 Å². The van der Waals surface area contributed by atoms with Crippen molar-refractivity contribution in [3.8, 4) is 5.75 Å². The molecular weight excluding hydrogens is 322 g/mol. The number of aromatic hydroxyl groups is 1. The van der Waals surface area contributed by atoms with Crippen LogP contribution in [-0.2, 0) is 0 Å². The molecular formula is C18H19N3O4. The molecule has 0 aliphatic carbocycles. The number of phenolic OH excluding ortho intramolecular Hbond substituents is 1. The third-order valence-electron chi connectivity index (χ3n) is 4.57. The predicted octanol–water partition coefficient (Wildman–Crippen LogP) is 3.33.